The Morgan fingerprint density at radius 3 is 1.20 bits per heavy atom. The average molecular weight is 230 g/mol. The van der Waals surface area contributed by atoms with Crippen LogP contribution in [0.5, 0.6) is 0 Å². The predicted molar refractivity (Wildman–Crippen MR) is 37.5 cm³/mol. The zero-order chi connectivity index (χ0) is 12.3. The van der Waals surface area contributed by atoms with E-state index in [-0.39, 0.29) is 0 Å². The van der Waals surface area contributed by atoms with Gasteiger partial charge < -0.3 is 9.69 Å². The molecule has 0 aliphatic carbocycles. The van der Waals surface area contributed by atoms with Gasteiger partial charge in [0.05, 0.1) is 0 Å². The topological polar surface area (TPSA) is 8.72 Å². The second kappa shape index (κ2) is 4.39. The highest BCUT2D eigenvalue weighted by atomic mass is 19.4. The number of rotatable bonds is 2. The summed E-state index contributed by atoms with van der Waals surface area (Å²) in [6.45, 7) is 12.2. The smallest absolute Gasteiger partial charge is 0.303 e. The second-order valence-corrected chi connectivity index (χ2v) is 2.61. The molecule has 0 aromatic rings. The van der Waals surface area contributed by atoms with E-state index in [1.165, 1.54) is 0 Å². The molecule has 0 aliphatic rings. The Morgan fingerprint density at radius 2 is 1.07 bits per heavy atom. The van der Waals surface area contributed by atoms with Crippen molar-refractivity contribution < 1.29 is 26.3 Å². The van der Waals surface area contributed by atoms with Crippen LogP contribution >= 0.6 is 0 Å². The van der Waals surface area contributed by atoms with E-state index in [1.807, 2.05) is 9.69 Å². The van der Waals surface area contributed by atoms with Gasteiger partial charge in [0, 0.05) is 0 Å². The van der Waals surface area contributed by atoms with Crippen LogP contribution < -0.4 is 0 Å². The molecular weight excluding hydrogens is 226 g/mol. The predicted octanol–water partition coefficient (Wildman–Crippen LogP) is 3.08. The second-order valence-electron chi connectivity index (χ2n) is 2.61. The summed E-state index contributed by atoms with van der Waals surface area (Å²) < 4.78 is 71.5. The standard InChI is InChI=1S/C7H4F6N2/c1-14-4(6(8,9)10)3-5(15-2)7(11,12)13/h4-5H,3H2. The number of nitrogens with zero attached hydrogens (tertiary/aromatic N) is 2. The summed E-state index contributed by atoms with van der Waals surface area (Å²) in [7, 11) is 0. The van der Waals surface area contributed by atoms with Crippen LogP contribution in [0.2, 0.25) is 0 Å². The van der Waals surface area contributed by atoms with Crippen molar-refractivity contribution in [1.82, 2.24) is 0 Å². The van der Waals surface area contributed by atoms with E-state index >= 15 is 0 Å². The van der Waals surface area contributed by atoms with Gasteiger partial charge in [0.1, 0.15) is 6.42 Å². The van der Waals surface area contributed by atoms with Gasteiger partial charge in [-0.15, -0.1) is 0 Å². The molecule has 0 rings (SSSR count). The lowest BCUT2D eigenvalue weighted by atomic mass is 10.1. The summed E-state index contributed by atoms with van der Waals surface area (Å²) >= 11 is 0. The van der Waals surface area contributed by atoms with Crippen molar-refractivity contribution in [1.29, 1.82) is 0 Å². The summed E-state index contributed by atoms with van der Waals surface area (Å²) in [5, 5.41) is 0. The Kier molecular flexibility index (Phi) is 3.97. The number of hydrogen-bond donors (Lipinski definition) is 0. The lowest BCUT2D eigenvalue weighted by Gasteiger charge is -2.12. The first-order chi connectivity index (χ1) is 6.62. The summed E-state index contributed by atoms with van der Waals surface area (Å²) in [5.74, 6) is 0. The maximum Gasteiger partial charge on any atom is 0.466 e. The van der Waals surface area contributed by atoms with Crippen molar-refractivity contribution in [2.45, 2.75) is 30.9 Å². The van der Waals surface area contributed by atoms with E-state index < -0.39 is 30.9 Å². The van der Waals surface area contributed by atoms with Crippen LogP contribution in [0.15, 0.2) is 0 Å². The zero-order valence-corrected chi connectivity index (χ0v) is 7.02. The van der Waals surface area contributed by atoms with Crippen molar-refractivity contribution in [3.8, 4) is 0 Å². The first kappa shape index (κ1) is 13.6. The van der Waals surface area contributed by atoms with E-state index in [0.717, 1.165) is 0 Å². The molecule has 0 amide bonds. The number of halogens is 6. The van der Waals surface area contributed by atoms with E-state index in [0.29, 0.717) is 0 Å². The molecule has 0 spiro atoms. The van der Waals surface area contributed by atoms with Crippen molar-refractivity contribution >= 4 is 0 Å². The highest BCUT2D eigenvalue weighted by molar-refractivity contribution is 4.96. The molecule has 8 heteroatoms. The van der Waals surface area contributed by atoms with Crippen LogP contribution in [0.3, 0.4) is 0 Å². The Morgan fingerprint density at radius 1 is 0.800 bits per heavy atom. The fraction of sp³-hybridized carbons (Fsp3) is 0.714. The molecule has 0 aliphatic heterocycles. The van der Waals surface area contributed by atoms with Crippen LogP contribution in [0.25, 0.3) is 9.69 Å². The van der Waals surface area contributed by atoms with Crippen molar-refractivity contribution in [3.63, 3.8) is 0 Å². The molecule has 0 radical (unpaired) electrons. The summed E-state index contributed by atoms with van der Waals surface area (Å²) in [5.41, 5.74) is 0. The molecule has 0 aromatic carbocycles. The molecule has 0 saturated carbocycles. The van der Waals surface area contributed by atoms with Gasteiger partial charge in [-0.05, 0) is 0 Å². The average Bonchev–Trinajstić information content (AvgIpc) is 2.01. The molecule has 2 nitrogen and oxygen atoms in total. The summed E-state index contributed by atoms with van der Waals surface area (Å²) in [4.78, 5) is 4.08. The Labute approximate surface area is 81.1 Å². The van der Waals surface area contributed by atoms with Crippen LogP contribution in [0, 0.1) is 13.1 Å². The Bertz CT molecular complexity index is 261. The molecule has 0 heterocycles. The highest BCUT2D eigenvalue weighted by Gasteiger charge is 2.55. The first-order valence-corrected chi connectivity index (χ1v) is 3.49. The van der Waals surface area contributed by atoms with Gasteiger partial charge in [-0.25, -0.2) is 13.1 Å². The third-order valence-electron chi connectivity index (χ3n) is 1.51. The van der Waals surface area contributed by atoms with Crippen molar-refractivity contribution in [3.05, 3.63) is 22.8 Å². The quantitative estimate of drug-likeness (QED) is 0.509. The van der Waals surface area contributed by atoms with Crippen LogP contribution in [0.4, 0.5) is 26.3 Å². The summed E-state index contributed by atoms with van der Waals surface area (Å²) in [6.07, 6.45) is -11.6. The van der Waals surface area contributed by atoms with E-state index in [9.17, 15) is 26.3 Å². The lowest BCUT2D eigenvalue weighted by molar-refractivity contribution is -0.162. The van der Waals surface area contributed by atoms with Crippen LogP contribution in [-0.2, 0) is 0 Å². The normalized spacial score (nSPS) is 16.3. The molecule has 2 unspecified atom stereocenters. The van der Waals surface area contributed by atoms with Gasteiger partial charge in [-0.2, -0.15) is 26.3 Å². The van der Waals surface area contributed by atoms with Crippen molar-refractivity contribution in [2.75, 3.05) is 0 Å². The van der Waals surface area contributed by atoms with Crippen LogP contribution in [0.1, 0.15) is 6.42 Å². The molecule has 0 saturated heterocycles. The van der Waals surface area contributed by atoms with Gasteiger partial charge in [0.25, 0.3) is 0 Å². The third kappa shape index (κ3) is 4.07. The minimum Gasteiger partial charge on any atom is -0.303 e. The molecule has 0 N–H and O–H groups in total. The maximum absolute atomic E-state index is 11.9. The monoisotopic (exact) mass is 230 g/mol. The van der Waals surface area contributed by atoms with Crippen LogP contribution in [-0.4, -0.2) is 24.4 Å². The molecule has 0 fully saturated rings. The van der Waals surface area contributed by atoms with E-state index in [4.69, 9.17) is 13.1 Å². The molecule has 0 bridgehead atoms. The minimum absolute atomic E-state index is 1.57. The molecule has 15 heavy (non-hydrogen) atoms. The number of alkyl halides is 6. The van der Waals surface area contributed by atoms with Gasteiger partial charge in [-0.1, -0.05) is 0 Å². The Balaban J connectivity index is 4.72. The van der Waals surface area contributed by atoms with E-state index in [1.54, 1.807) is 0 Å². The van der Waals surface area contributed by atoms with Gasteiger partial charge >= 0.3 is 24.4 Å². The Hall–Kier alpha value is -1.44. The van der Waals surface area contributed by atoms with Gasteiger partial charge in [0.15, 0.2) is 0 Å². The van der Waals surface area contributed by atoms with Gasteiger partial charge in [-0.3, -0.25) is 0 Å². The molecule has 84 valence electrons. The molecular formula is C7H4F6N2. The van der Waals surface area contributed by atoms with Crippen molar-refractivity contribution in [2.24, 2.45) is 0 Å². The van der Waals surface area contributed by atoms with Gasteiger partial charge in [0.2, 0.25) is 0 Å². The fourth-order valence-electron chi connectivity index (χ4n) is 0.731. The SMILES string of the molecule is [C-]#[N+]C(CC([N+]#[C-])C(F)(F)F)C(F)(F)F. The first-order valence-electron chi connectivity index (χ1n) is 3.49. The minimum atomic E-state index is -5.03. The largest absolute Gasteiger partial charge is 0.466 e. The van der Waals surface area contributed by atoms with E-state index in [2.05, 4.69) is 0 Å². The maximum atomic E-state index is 11.9. The third-order valence-corrected chi connectivity index (χ3v) is 1.51. The summed E-state index contributed by atoms with van der Waals surface area (Å²) in [6, 6.07) is -5.56. The highest BCUT2D eigenvalue weighted by Crippen LogP contribution is 2.32. The number of hydrogen-bond acceptors (Lipinski definition) is 0. The molecule has 0 aromatic heterocycles. The molecule has 2 atom stereocenters. The lowest BCUT2D eigenvalue weighted by Crippen LogP contribution is -2.35. The zero-order valence-electron chi connectivity index (χ0n) is 7.02. The fourth-order valence-corrected chi connectivity index (χ4v) is 0.731.